The van der Waals surface area contributed by atoms with Gasteiger partial charge in [-0.05, 0) is 36.0 Å². The van der Waals surface area contributed by atoms with Crippen molar-refractivity contribution in [3.05, 3.63) is 33.8 Å². The van der Waals surface area contributed by atoms with E-state index in [4.69, 9.17) is 23.2 Å². The van der Waals surface area contributed by atoms with Gasteiger partial charge < -0.3 is 5.11 Å². The van der Waals surface area contributed by atoms with Crippen molar-refractivity contribution in [1.82, 2.24) is 0 Å². The Morgan fingerprint density at radius 2 is 1.67 bits per heavy atom. The zero-order valence-corrected chi connectivity index (χ0v) is 12.5. The summed E-state index contributed by atoms with van der Waals surface area (Å²) in [6.07, 6.45) is 4.67. The van der Waals surface area contributed by atoms with Crippen LogP contribution in [0.5, 0.6) is 0 Å². The predicted molar refractivity (Wildman–Crippen MR) is 77.4 cm³/mol. The molecule has 0 heterocycles. The molecule has 1 saturated carbocycles. The fourth-order valence-corrected chi connectivity index (χ4v) is 3.41. The van der Waals surface area contributed by atoms with E-state index < -0.39 is 5.60 Å². The van der Waals surface area contributed by atoms with Gasteiger partial charge in [0.15, 0.2) is 0 Å². The van der Waals surface area contributed by atoms with Gasteiger partial charge in [-0.1, -0.05) is 56.0 Å². The minimum atomic E-state index is -0.708. The normalized spacial score (nSPS) is 27.2. The number of benzene rings is 1. The minimum absolute atomic E-state index is 0.0895. The van der Waals surface area contributed by atoms with Crippen LogP contribution < -0.4 is 0 Å². The van der Waals surface area contributed by atoms with E-state index in [1.54, 1.807) is 0 Å². The topological polar surface area (TPSA) is 20.2 Å². The van der Waals surface area contributed by atoms with Gasteiger partial charge in [0.25, 0.3) is 0 Å². The zero-order chi connectivity index (χ0) is 13.4. The minimum Gasteiger partial charge on any atom is -0.389 e. The smallest absolute Gasteiger partial charge is 0.0739 e. The lowest BCUT2D eigenvalue weighted by molar-refractivity contribution is -0.0958. The maximum atomic E-state index is 11.0. The Hall–Kier alpha value is -0.240. The highest BCUT2D eigenvalue weighted by Crippen LogP contribution is 2.46. The van der Waals surface area contributed by atoms with E-state index in [1.165, 1.54) is 6.42 Å². The first-order valence-corrected chi connectivity index (χ1v) is 7.27. The summed E-state index contributed by atoms with van der Waals surface area (Å²) >= 11 is 12.4. The largest absolute Gasteiger partial charge is 0.389 e. The van der Waals surface area contributed by atoms with E-state index in [0.717, 1.165) is 24.8 Å². The lowest BCUT2D eigenvalue weighted by atomic mass is 9.63. The molecule has 100 valence electrons. The second-order valence-corrected chi connectivity index (χ2v) is 6.81. The van der Waals surface area contributed by atoms with Gasteiger partial charge >= 0.3 is 0 Å². The Morgan fingerprint density at radius 1 is 1.11 bits per heavy atom. The molecule has 3 heteroatoms. The molecule has 0 aromatic heterocycles. The van der Waals surface area contributed by atoms with Crippen molar-refractivity contribution in [1.29, 1.82) is 0 Å². The van der Waals surface area contributed by atoms with Gasteiger partial charge in [0, 0.05) is 16.5 Å². The second-order valence-electron chi connectivity index (χ2n) is 6.00. The van der Waals surface area contributed by atoms with Crippen molar-refractivity contribution in [3.8, 4) is 0 Å². The van der Waals surface area contributed by atoms with Gasteiger partial charge in [-0.25, -0.2) is 0 Å². The van der Waals surface area contributed by atoms with Crippen LogP contribution in [0.4, 0.5) is 0 Å². The molecule has 0 radical (unpaired) electrons. The molecular formula is C15H20Cl2O. The monoisotopic (exact) mass is 286 g/mol. The van der Waals surface area contributed by atoms with E-state index in [9.17, 15) is 5.11 Å². The molecule has 0 saturated heterocycles. The van der Waals surface area contributed by atoms with Crippen LogP contribution in [0.3, 0.4) is 0 Å². The molecular weight excluding hydrogens is 267 g/mol. The molecule has 2 rings (SSSR count). The number of rotatable bonds is 2. The first-order valence-electron chi connectivity index (χ1n) is 6.51. The molecule has 1 N–H and O–H groups in total. The van der Waals surface area contributed by atoms with Gasteiger partial charge in [0.2, 0.25) is 0 Å². The molecule has 0 spiro atoms. The number of halogens is 2. The van der Waals surface area contributed by atoms with Crippen molar-refractivity contribution in [2.24, 2.45) is 5.41 Å². The van der Waals surface area contributed by atoms with E-state index in [-0.39, 0.29) is 5.41 Å². The molecule has 18 heavy (non-hydrogen) atoms. The highest BCUT2D eigenvalue weighted by atomic mass is 35.5. The first kappa shape index (κ1) is 14.2. The maximum Gasteiger partial charge on any atom is 0.0739 e. The van der Waals surface area contributed by atoms with Gasteiger partial charge in [0.1, 0.15) is 0 Å². The summed E-state index contributed by atoms with van der Waals surface area (Å²) in [6, 6.07) is 5.51. The Bertz CT molecular complexity index is 422. The van der Waals surface area contributed by atoms with Crippen LogP contribution in [-0.2, 0) is 6.42 Å². The van der Waals surface area contributed by atoms with E-state index in [2.05, 4.69) is 13.8 Å². The average molecular weight is 287 g/mol. The highest BCUT2D eigenvalue weighted by molar-refractivity contribution is 6.36. The summed E-state index contributed by atoms with van der Waals surface area (Å²) in [6.45, 7) is 4.27. The molecule has 0 aliphatic heterocycles. The fraction of sp³-hybridized carbons (Fsp3) is 0.600. The number of aliphatic hydroxyl groups is 1. The quantitative estimate of drug-likeness (QED) is 0.823. The van der Waals surface area contributed by atoms with Crippen LogP contribution in [0.2, 0.25) is 10.0 Å². The molecule has 1 nitrogen and oxygen atoms in total. The van der Waals surface area contributed by atoms with E-state index in [0.29, 0.717) is 16.5 Å². The SMILES string of the molecule is CC1(C)CCCCC1(O)Cc1c(Cl)cccc1Cl. The van der Waals surface area contributed by atoms with Gasteiger partial charge in [-0.2, -0.15) is 0 Å². The van der Waals surface area contributed by atoms with E-state index in [1.807, 2.05) is 18.2 Å². The molecule has 1 aliphatic carbocycles. The molecule has 1 fully saturated rings. The van der Waals surface area contributed by atoms with Crippen LogP contribution in [0.25, 0.3) is 0 Å². The lowest BCUT2D eigenvalue weighted by Gasteiger charge is -2.47. The summed E-state index contributed by atoms with van der Waals surface area (Å²) in [7, 11) is 0. The molecule has 0 amide bonds. The average Bonchev–Trinajstić information content (AvgIpc) is 2.28. The fourth-order valence-electron chi connectivity index (χ4n) is 2.88. The number of hydrogen-bond acceptors (Lipinski definition) is 1. The van der Waals surface area contributed by atoms with Crippen molar-refractivity contribution >= 4 is 23.2 Å². The molecule has 1 aliphatic rings. The summed E-state index contributed by atoms with van der Waals surface area (Å²) in [5.74, 6) is 0. The molecule has 1 unspecified atom stereocenters. The third-order valence-corrected chi connectivity index (χ3v) is 5.14. The lowest BCUT2D eigenvalue weighted by Crippen LogP contribution is -2.48. The predicted octanol–water partition coefficient (Wildman–Crippen LogP) is 4.87. The Balaban J connectivity index is 2.32. The Kier molecular flexibility index (Phi) is 3.96. The standard InChI is InChI=1S/C15H20Cl2O/c1-14(2)8-3-4-9-15(14,18)10-11-12(16)6-5-7-13(11)17/h5-7,18H,3-4,8-10H2,1-2H3. The third kappa shape index (κ3) is 2.54. The maximum absolute atomic E-state index is 11.0. The zero-order valence-electron chi connectivity index (χ0n) is 11.0. The van der Waals surface area contributed by atoms with Crippen molar-refractivity contribution in [3.63, 3.8) is 0 Å². The van der Waals surface area contributed by atoms with Crippen molar-refractivity contribution in [2.75, 3.05) is 0 Å². The van der Waals surface area contributed by atoms with Crippen LogP contribution in [0, 0.1) is 5.41 Å². The van der Waals surface area contributed by atoms with Crippen LogP contribution in [0.15, 0.2) is 18.2 Å². The molecule has 0 bridgehead atoms. The summed E-state index contributed by atoms with van der Waals surface area (Å²) < 4.78 is 0. The van der Waals surface area contributed by atoms with Crippen molar-refractivity contribution < 1.29 is 5.11 Å². The van der Waals surface area contributed by atoms with Gasteiger partial charge in [0.05, 0.1) is 5.60 Å². The molecule has 1 aromatic rings. The summed E-state index contributed by atoms with van der Waals surface area (Å²) in [5.41, 5.74) is 0.0755. The Labute approximate surface area is 119 Å². The summed E-state index contributed by atoms with van der Waals surface area (Å²) in [5, 5.41) is 12.3. The van der Waals surface area contributed by atoms with Crippen LogP contribution >= 0.6 is 23.2 Å². The third-order valence-electron chi connectivity index (χ3n) is 4.43. The first-order chi connectivity index (χ1) is 8.36. The van der Waals surface area contributed by atoms with E-state index >= 15 is 0 Å². The highest BCUT2D eigenvalue weighted by Gasteiger charge is 2.45. The summed E-state index contributed by atoms with van der Waals surface area (Å²) in [4.78, 5) is 0. The molecule has 1 aromatic carbocycles. The van der Waals surface area contributed by atoms with Crippen LogP contribution in [-0.4, -0.2) is 10.7 Å². The number of hydrogen-bond donors (Lipinski definition) is 1. The van der Waals surface area contributed by atoms with Crippen LogP contribution in [0.1, 0.15) is 45.1 Å². The Morgan fingerprint density at radius 3 is 2.22 bits per heavy atom. The van der Waals surface area contributed by atoms with Crippen molar-refractivity contribution in [2.45, 2.75) is 51.6 Å². The van der Waals surface area contributed by atoms with Gasteiger partial charge in [-0.3, -0.25) is 0 Å². The van der Waals surface area contributed by atoms with Gasteiger partial charge in [-0.15, -0.1) is 0 Å². The molecule has 1 atom stereocenters. The second kappa shape index (κ2) is 5.03.